The van der Waals surface area contributed by atoms with Crippen molar-refractivity contribution in [3.8, 4) is 5.75 Å². The van der Waals surface area contributed by atoms with E-state index in [1.807, 2.05) is 31.2 Å². The van der Waals surface area contributed by atoms with E-state index in [4.69, 9.17) is 4.74 Å². The summed E-state index contributed by atoms with van der Waals surface area (Å²) in [7, 11) is 1.67. The maximum atomic E-state index is 13.2. The maximum Gasteiger partial charge on any atom is 0.191 e. The summed E-state index contributed by atoms with van der Waals surface area (Å²) in [6.45, 7) is 3.98. The van der Waals surface area contributed by atoms with Crippen LogP contribution in [-0.2, 0) is 13.0 Å². The number of ether oxygens (including phenoxy) is 1. The van der Waals surface area contributed by atoms with Crippen molar-refractivity contribution in [2.45, 2.75) is 19.9 Å². The zero-order valence-electron chi connectivity index (χ0n) is 14.2. The van der Waals surface area contributed by atoms with Crippen molar-refractivity contribution in [3.63, 3.8) is 0 Å². The molecule has 0 heterocycles. The molecule has 2 aromatic carbocycles. The summed E-state index contributed by atoms with van der Waals surface area (Å²) >= 11 is 0. The summed E-state index contributed by atoms with van der Waals surface area (Å²) < 4.78 is 18.4. The number of rotatable bonds is 7. The van der Waals surface area contributed by atoms with Crippen LogP contribution in [-0.4, -0.2) is 26.2 Å². The van der Waals surface area contributed by atoms with Crippen molar-refractivity contribution in [2.24, 2.45) is 4.99 Å². The monoisotopic (exact) mass is 329 g/mol. The van der Waals surface area contributed by atoms with Crippen molar-refractivity contribution in [1.82, 2.24) is 10.6 Å². The molecule has 2 aromatic rings. The minimum Gasteiger partial charge on any atom is -0.497 e. The Hall–Kier alpha value is -2.56. The number of guanidine groups is 1. The molecule has 5 heteroatoms. The Morgan fingerprint density at radius 1 is 1.08 bits per heavy atom. The molecule has 0 fully saturated rings. The summed E-state index contributed by atoms with van der Waals surface area (Å²) in [5, 5.41) is 6.49. The van der Waals surface area contributed by atoms with Crippen LogP contribution in [0.4, 0.5) is 4.39 Å². The van der Waals surface area contributed by atoms with Gasteiger partial charge < -0.3 is 15.4 Å². The number of benzene rings is 2. The van der Waals surface area contributed by atoms with Crippen LogP contribution in [0.2, 0.25) is 0 Å². The van der Waals surface area contributed by atoms with Crippen LogP contribution in [0, 0.1) is 5.82 Å². The highest BCUT2D eigenvalue weighted by molar-refractivity contribution is 5.79. The summed E-state index contributed by atoms with van der Waals surface area (Å²) in [4.78, 5) is 4.49. The molecule has 0 aliphatic rings. The fraction of sp³-hybridized carbons (Fsp3) is 0.316. The Labute approximate surface area is 142 Å². The van der Waals surface area contributed by atoms with Crippen LogP contribution < -0.4 is 15.4 Å². The molecular formula is C19H24FN3O. The molecule has 128 valence electrons. The van der Waals surface area contributed by atoms with Gasteiger partial charge in [0.15, 0.2) is 5.96 Å². The van der Waals surface area contributed by atoms with Crippen LogP contribution in [0.15, 0.2) is 53.5 Å². The van der Waals surface area contributed by atoms with Gasteiger partial charge in [-0.25, -0.2) is 9.38 Å². The highest BCUT2D eigenvalue weighted by Crippen LogP contribution is 2.12. The van der Waals surface area contributed by atoms with Gasteiger partial charge in [0.2, 0.25) is 0 Å². The molecule has 24 heavy (non-hydrogen) atoms. The zero-order chi connectivity index (χ0) is 17.2. The predicted molar refractivity (Wildman–Crippen MR) is 95.9 cm³/mol. The number of halogens is 1. The SMILES string of the molecule is CCNC(=NCc1cccc(F)c1)NCCc1cccc(OC)c1. The number of aliphatic imine (C=N–C) groups is 1. The molecule has 0 aliphatic heterocycles. The standard InChI is InChI=1S/C19H24FN3O/c1-3-21-19(23-14-16-7-4-8-17(20)12-16)22-11-10-15-6-5-9-18(13-15)24-2/h4-9,12-13H,3,10-11,14H2,1-2H3,(H2,21,22,23). The van der Waals surface area contributed by atoms with Gasteiger partial charge in [0, 0.05) is 13.1 Å². The number of hydrogen-bond donors (Lipinski definition) is 2. The van der Waals surface area contributed by atoms with E-state index in [9.17, 15) is 4.39 Å². The van der Waals surface area contributed by atoms with Gasteiger partial charge >= 0.3 is 0 Å². The van der Waals surface area contributed by atoms with Crippen LogP contribution >= 0.6 is 0 Å². The van der Waals surface area contributed by atoms with E-state index < -0.39 is 0 Å². The van der Waals surface area contributed by atoms with E-state index >= 15 is 0 Å². The van der Waals surface area contributed by atoms with E-state index in [-0.39, 0.29) is 5.82 Å². The van der Waals surface area contributed by atoms with E-state index in [0.29, 0.717) is 6.54 Å². The minimum atomic E-state index is -0.237. The quantitative estimate of drug-likeness (QED) is 0.606. The van der Waals surface area contributed by atoms with Gasteiger partial charge in [-0.05, 0) is 48.7 Å². The topological polar surface area (TPSA) is 45.7 Å². The predicted octanol–water partition coefficient (Wildman–Crippen LogP) is 3.13. The van der Waals surface area contributed by atoms with Crippen molar-refractivity contribution >= 4 is 5.96 Å². The first-order valence-electron chi connectivity index (χ1n) is 8.11. The molecule has 0 aliphatic carbocycles. The number of nitrogens with one attached hydrogen (secondary N) is 2. The Morgan fingerprint density at radius 2 is 1.88 bits per heavy atom. The van der Waals surface area contributed by atoms with E-state index in [1.165, 1.54) is 17.7 Å². The second-order valence-corrected chi connectivity index (χ2v) is 5.35. The average Bonchev–Trinajstić information content (AvgIpc) is 2.60. The molecule has 0 saturated heterocycles. The third-order valence-electron chi connectivity index (χ3n) is 3.49. The van der Waals surface area contributed by atoms with Crippen LogP contribution in [0.3, 0.4) is 0 Å². The molecular weight excluding hydrogens is 305 g/mol. The maximum absolute atomic E-state index is 13.2. The van der Waals surface area contributed by atoms with Gasteiger partial charge in [-0.15, -0.1) is 0 Å². The van der Waals surface area contributed by atoms with Gasteiger partial charge in [-0.1, -0.05) is 24.3 Å². The van der Waals surface area contributed by atoms with Crippen LogP contribution in [0.25, 0.3) is 0 Å². The van der Waals surface area contributed by atoms with E-state index in [1.54, 1.807) is 13.2 Å². The summed E-state index contributed by atoms with van der Waals surface area (Å²) in [5.41, 5.74) is 2.04. The van der Waals surface area contributed by atoms with Crippen molar-refractivity contribution in [3.05, 3.63) is 65.5 Å². The first-order valence-corrected chi connectivity index (χ1v) is 8.11. The van der Waals surface area contributed by atoms with Gasteiger partial charge in [0.1, 0.15) is 11.6 Å². The van der Waals surface area contributed by atoms with Crippen molar-refractivity contribution in [2.75, 3.05) is 20.2 Å². The first kappa shape index (κ1) is 17.8. The largest absolute Gasteiger partial charge is 0.497 e. The molecule has 0 spiro atoms. The second kappa shape index (κ2) is 9.55. The summed E-state index contributed by atoms with van der Waals surface area (Å²) in [6, 6.07) is 14.5. The minimum absolute atomic E-state index is 0.237. The van der Waals surface area contributed by atoms with Gasteiger partial charge in [-0.2, -0.15) is 0 Å². The lowest BCUT2D eigenvalue weighted by molar-refractivity contribution is 0.414. The Kier molecular flexibility index (Phi) is 7.08. The highest BCUT2D eigenvalue weighted by atomic mass is 19.1. The fourth-order valence-corrected chi connectivity index (χ4v) is 2.30. The first-order chi connectivity index (χ1) is 11.7. The zero-order valence-corrected chi connectivity index (χ0v) is 14.2. The third-order valence-corrected chi connectivity index (χ3v) is 3.49. The average molecular weight is 329 g/mol. The lowest BCUT2D eigenvalue weighted by Gasteiger charge is -2.11. The van der Waals surface area contributed by atoms with Crippen molar-refractivity contribution in [1.29, 1.82) is 0 Å². The number of methoxy groups -OCH3 is 1. The molecule has 0 aromatic heterocycles. The third kappa shape index (κ3) is 5.91. The summed E-state index contributed by atoms with van der Waals surface area (Å²) in [6.07, 6.45) is 0.863. The highest BCUT2D eigenvalue weighted by Gasteiger charge is 2.00. The van der Waals surface area contributed by atoms with Crippen LogP contribution in [0.5, 0.6) is 5.75 Å². The van der Waals surface area contributed by atoms with Gasteiger partial charge in [-0.3, -0.25) is 0 Å². The number of hydrogen-bond acceptors (Lipinski definition) is 2. The molecule has 2 N–H and O–H groups in total. The van der Waals surface area contributed by atoms with Gasteiger partial charge in [0.25, 0.3) is 0 Å². The lowest BCUT2D eigenvalue weighted by Crippen LogP contribution is -2.38. The molecule has 0 bridgehead atoms. The molecule has 2 rings (SSSR count). The number of nitrogens with zero attached hydrogens (tertiary/aromatic N) is 1. The molecule has 0 radical (unpaired) electrons. The lowest BCUT2D eigenvalue weighted by atomic mass is 10.1. The molecule has 0 saturated carbocycles. The molecule has 4 nitrogen and oxygen atoms in total. The Balaban J connectivity index is 1.89. The fourth-order valence-electron chi connectivity index (χ4n) is 2.30. The normalized spacial score (nSPS) is 11.2. The molecule has 0 amide bonds. The van der Waals surface area contributed by atoms with E-state index in [2.05, 4.69) is 21.7 Å². The van der Waals surface area contributed by atoms with Gasteiger partial charge in [0.05, 0.1) is 13.7 Å². The van der Waals surface area contributed by atoms with Crippen LogP contribution in [0.1, 0.15) is 18.1 Å². The molecule has 0 unspecified atom stereocenters. The smallest absolute Gasteiger partial charge is 0.191 e. The second-order valence-electron chi connectivity index (χ2n) is 5.35. The summed E-state index contributed by atoms with van der Waals surface area (Å²) in [5.74, 6) is 1.35. The van der Waals surface area contributed by atoms with E-state index in [0.717, 1.165) is 36.8 Å². The Morgan fingerprint density at radius 3 is 2.62 bits per heavy atom. The Bertz CT molecular complexity index is 673. The molecule has 0 atom stereocenters. The van der Waals surface area contributed by atoms with Crippen molar-refractivity contribution < 1.29 is 9.13 Å².